The molecule has 0 unspecified atom stereocenters. The lowest BCUT2D eigenvalue weighted by molar-refractivity contribution is 0.282. The van der Waals surface area contributed by atoms with Crippen LogP contribution in [-0.4, -0.2) is 44.0 Å². The standard InChI is InChI=1S/C12H20N4O2S/c1-2-16(10-3-4-10)8-7-15-19(17,18)12-9-14-6-5-11(12)13/h5-6,9-10,15H,2-4,7-8H2,1H3,(H2,13,14). The van der Waals surface area contributed by atoms with E-state index in [1.54, 1.807) is 0 Å². The molecule has 7 heteroatoms. The van der Waals surface area contributed by atoms with Crippen molar-refractivity contribution in [3.8, 4) is 0 Å². The van der Waals surface area contributed by atoms with Crippen LogP contribution >= 0.6 is 0 Å². The third-order valence-corrected chi connectivity index (χ3v) is 4.77. The van der Waals surface area contributed by atoms with Gasteiger partial charge in [0.05, 0.1) is 5.69 Å². The summed E-state index contributed by atoms with van der Waals surface area (Å²) in [5, 5.41) is 0. The number of aromatic nitrogens is 1. The summed E-state index contributed by atoms with van der Waals surface area (Å²) < 4.78 is 26.7. The smallest absolute Gasteiger partial charge is 0.244 e. The lowest BCUT2D eigenvalue weighted by atomic mass is 10.4. The number of hydrogen-bond acceptors (Lipinski definition) is 5. The van der Waals surface area contributed by atoms with Crippen LogP contribution in [0.5, 0.6) is 0 Å². The second kappa shape index (κ2) is 5.85. The average molecular weight is 284 g/mol. The van der Waals surface area contributed by atoms with Gasteiger partial charge < -0.3 is 5.73 Å². The van der Waals surface area contributed by atoms with Gasteiger partial charge in [0.15, 0.2) is 0 Å². The molecule has 106 valence electrons. The lowest BCUT2D eigenvalue weighted by Crippen LogP contribution is -2.36. The zero-order chi connectivity index (χ0) is 13.9. The summed E-state index contributed by atoms with van der Waals surface area (Å²) >= 11 is 0. The van der Waals surface area contributed by atoms with Crippen LogP contribution in [0.1, 0.15) is 19.8 Å². The molecule has 0 saturated heterocycles. The zero-order valence-electron chi connectivity index (χ0n) is 11.0. The van der Waals surface area contributed by atoms with Crippen molar-refractivity contribution in [2.75, 3.05) is 25.4 Å². The first kappa shape index (κ1) is 14.2. The van der Waals surface area contributed by atoms with Crippen molar-refractivity contribution in [3.05, 3.63) is 18.5 Å². The first-order valence-electron chi connectivity index (χ1n) is 6.48. The minimum absolute atomic E-state index is 0.0458. The van der Waals surface area contributed by atoms with Crippen molar-refractivity contribution < 1.29 is 8.42 Å². The number of likely N-dealkylation sites (N-methyl/N-ethyl adjacent to an activating group) is 1. The molecule has 2 rings (SSSR count). The molecule has 1 fully saturated rings. The molecule has 0 amide bonds. The monoisotopic (exact) mass is 284 g/mol. The highest BCUT2D eigenvalue weighted by Crippen LogP contribution is 2.25. The number of nitrogens with two attached hydrogens (primary N) is 1. The van der Waals surface area contributed by atoms with Crippen molar-refractivity contribution >= 4 is 15.7 Å². The molecule has 0 aliphatic heterocycles. The predicted octanol–water partition coefficient (Wildman–Crippen LogP) is 0.426. The molecule has 0 atom stereocenters. The minimum atomic E-state index is -3.56. The van der Waals surface area contributed by atoms with Gasteiger partial charge in [0.2, 0.25) is 10.0 Å². The maximum Gasteiger partial charge on any atom is 0.244 e. The maximum atomic E-state index is 12.1. The van der Waals surface area contributed by atoms with E-state index in [0.717, 1.165) is 13.1 Å². The van der Waals surface area contributed by atoms with Gasteiger partial charge in [0, 0.05) is 31.5 Å². The van der Waals surface area contributed by atoms with E-state index in [1.807, 2.05) is 0 Å². The van der Waals surface area contributed by atoms with Gasteiger partial charge in [-0.15, -0.1) is 0 Å². The molecule has 1 aromatic heterocycles. The Hall–Kier alpha value is -1.18. The van der Waals surface area contributed by atoms with E-state index in [-0.39, 0.29) is 10.6 Å². The normalized spacial score (nSPS) is 15.9. The molecule has 1 heterocycles. The van der Waals surface area contributed by atoms with Crippen molar-refractivity contribution in [1.29, 1.82) is 0 Å². The summed E-state index contributed by atoms with van der Waals surface area (Å²) in [6, 6.07) is 2.12. The van der Waals surface area contributed by atoms with Crippen molar-refractivity contribution in [1.82, 2.24) is 14.6 Å². The second-order valence-corrected chi connectivity index (χ2v) is 6.41. The summed E-state index contributed by atoms with van der Waals surface area (Å²) in [7, 11) is -3.56. The number of anilines is 1. The third-order valence-electron chi connectivity index (χ3n) is 3.27. The first-order valence-corrected chi connectivity index (χ1v) is 7.96. The predicted molar refractivity (Wildman–Crippen MR) is 74.1 cm³/mol. The molecule has 0 radical (unpaired) electrons. The number of pyridine rings is 1. The van der Waals surface area contributed by atoms with E-state index in [4.69, 9.17) is 5.73 Å². The first-order chi connectivity index (χ1) is 9.04. The Bertz CT molecular complexity index is 528. The van der Waals surface area contributed by atoms with Crippen LogP contribution in [0.15, 0.2) is 23.4 Å². The average Bonchev–Trinajstić information content (AvgIpc) is 3.19. The van der Waals surface area contributed by atoms with Crippen LogP contribution in [0.3, 0.4) is 0 Å². The molecular weight excluding hydrogens is 264 g/mol. The zero-order valence-corrected chi connectivity index (χ0v) is 11.9. The summed E-state index contributed by atoms with van der Waals surface area (Å²) in [4.78, 5) is 6.13. The topological polar surface area (TPSA) is 88.3 Å². The van der Waals surface area contributed by atoms with E-state index < -0.39 is 10.0 Å². The highest BCUT2D eigenvalue weighted by atomic mass is 32.2. The van der Waals surface area contributed by atoms with Crippen molar-refractivity contribution in [3.63, 3.8) is 0 Å². The van der Waals surface area contributed by atoms with E-state index in [0.29, 0.717) is 12.6 Å². The fourth-order valence-corrected chi connectivity index (χ4v) is 3.15. The molecule has 1 aliphatic rings. The number of hydrogen-bond donors (Lipinski definition) is 2. The van der Waals surface area contributed by atoms with E-state index >= 15 is 0 Å². The van der Waals surface area contributed by atoms with Gasteiger partial charge in [0.1, 0.15) is 4.90 Å². The number of sulfonamides is 1. The highest BCUT2D eigenvalue weighted by Gasteiger charge is 2.27. The van der Waals surface area contributed by atoms with E-state index in [9.17, 15) is 8.42 Å². The summed E-state index contributed by atoms with van der Waals surface area (Å²) in [5.41, 5.74) is 5.87. The molecule has 0 spiro atoms. The molecule has 0 bridgehead atoms. The Labute approximate surface area is 114 Å². The fraction of sp³-hybridized carbons (Fsp3) is 0.583. The lowest BCUT2D eigenvalue weighted by Gasteiger charge is -2.19. The number of nitrogens with one attached hydrogen (secondary N) is 1. The van der Waals surface area contributed by atoms with Crippen LogP contribution in [-0.2, 0) is 10.0 Å². The molecule has 1 aromatic rings. The Morgan fingerprint density at radius 2 is 2.26 bits per heavy atom. The summed E-state index contributed by atoms with van der Waals surface area (Å²) in [6.45, 7) is 4.15. The SMILES string of the molecule is CCN(CCNS(=O)(=O)c1cnccc1N)C1CC1. The van der Waals surface area contributed by atoms with Crippen LogP contribution in [0.25, 0.3) is 0 Å². The molecular formula is C12H20N4O2S. The fourth-order valence-electron chi connectivity index (χ4n) is 2.06. The number of nitrogens with zero attached hydrogens (tertiary/aromatic N) is 2. The Morgan fingerprint density at radius 3 is 2.84 bits per heavy atom. The maximum absolute atomic E-state index is 12.1. The van der Waals surface area contributed by atoms with E-state index in [1.165, 1.54) is 31.3 Å². The van der Waals surface area contributed by atoms with Gasteiger partial charge in [-0.1, -0.05) is 6.92 Å². The Morgan fingerprint density at radius 1 is 1.53 bits per heavy atom. The summed E-state index contributed by atoms with van der Waals surface area (Å²) in [5.74, 6) is 0. The number of rotatable bonds is 7. The van der Waals surface area contributed by atoms with Gasteiger partial charge in [-0.25, -0.2) is 13.1 Å². The van der Waals surface area contributed by atoms with Gasteiger partial charge >= 0.3 is 0 Å². The third kappa shape index (κ3) is 3.65. The van der Waals surface area contributed by atoms with E-state index in [2.05, 4.69) is 21.5 Å². The van der Waals surface area contributed by atoms with Gasteiger partial charge in [0.25, 0.3) is 0 Å². The molecule has 0 aromatic carbocycles. The molecule has 6 nitrogen and oxygen atoms in total. The largest absolute Gasteiger partial charge is 0.398 e. The van der Waals surface area contributed by atoms with Gasteiger partial charge in [-0.3, -0.25) is 9.88 Å². The van der Waals surface area contributed by atoms with Crippen molar-refractivity contribution in [2.24, 2.45) is 0 Å². The molecule has 19 heavy (non-hydrogen) atoms. The second-order valence-electron chi connectivity index (χ2n) is 4.67. The van der Waals surface area contributed by atoms with Gasteiger partial charge in [-0.2, -0.15) is 0 Å². The number of nitrogen functional groups attached to an aromatic ring is 1. The quantitative estimate of drug-likeness (QED) is 0.758. The van der Waals surface area contributed by atoms with Crippen LogP contribution < -0.4 is 10.5 Å². The van der Waals surface area contributed by atoms with Gasteiger partial charge in [-0.05, 0) is 25.5 Å². The summed E-state index contributed by atoms with van der Waals surface area (Å²) in [6.07, 6.45) is 5.18. The Kier molecular flexibility index (Phi) is 4.38. The minimum Gasteiger partial charge on any atom is -0.398 e. The Balaban J connectivity index is 1.92. The molecule has 1 aliphatic carbocycles. The van der Waals surface area contributed by atoms with Crippen LogP contribution in [0, 0.1) is 0 Å². The highest BCUT2D eigenvalue weighted by molar-refractivity contribution is 7.89. The van der Waals surface area contributed by atoms with Crippen LogP contribution in [0.2, 0.25) is 0 Å². The molecule has 1 saturated carbocycles. The molecule has 3 N–H and O–H groups in total. The van der Waals surface area contributed by atoms with Crippen LogP contribution in [0.4, 0.5) is 5.69 Å². The van der Waals surface area contributed by atoms with Crippen molar-refractivity contribution in [2.45, 2.75) is 30.7 Å².